The summed E-state index contributed by atoms with van der Waals surface area (Å²) in [5, 5.41) is 31.1. The number of aliphatic hydroxyl groups is 3. The van der Waals surface area contributed by atoms with E-state index < -0.39 is 47.4 Å². The third kappa shape index (κ3) is 3.81. The van der Waals surface area contributed by atoms with Gasteiger partial charge in [-0.3, -0.25) is 4.79 Å². The van der Waals surface area contributed by atoms with Gasteiger partial charge in [0.15, 0.2) is 11.6 Å². The Bertz CT molecular complexity index is 922. The van der Waals surface area contributed by atoms with Crippen LogP contribution in [-0.2, 0) is 0 Å². The van der Waals surface area contributed by atoms with Crippen molar-refractivity contribution in [1.29, 1.82) is 0 Å². The van der Waals surface area contributed by atoms with Crippen molar-refractivity contribution in [3.05, 3.63) is 56.9 Å². The van der Waals surface area contributed by atoms with E-state index in [-0.39, 0.29) is 24.3 Å². The SMILES string of the molecule is O=C(c1ccc(F)c(F)c1Nc1ccc(I)cc1F)N1CC(O)(C(O)CO)C1. The van der Waals surface area contributed by atoms with Crippen molar-refractivity contribution in [2.45, 2.75) is 11.7 Å². The fourth-order valence-electron chi connectivity index (χ4n) is 2.89. The monoisotopic (exact) mass is 508 g/mol. The molecule has 10 heteroatoms. The first-order valence-electron chi connectivity index (χ1n) is 8.17. The van der Waals surface area contributed by atoms with E-state index in [0.29, 0.717) is 3.57 Å². The van der Waals surface area contributed by atoms with Gasteiger partial charge in [0.25, 0.3) is 5.91 Å². The number of anilines is 2. The second kappa shape index (κ2) is 7.85. The van der Waals surface area contributed by atoms with Gasteiger partial charge < -0.3 is 25.5 Å². The van der Waals surface area contributed by atoms with Crippen LogP contribution in [0.4, 0.5) is 24.5 Å². The topological polar surface area (TPSA) is 93.0 Å². The number of nitrogens with zero attached hydrogens (tertiary/aromatic N) is 1. The van der Waals surface area contributed by atoms with Gasteiger partial charge in [-0.05, 0) is 52.9 Å². The molecule has 6 nitrogen and oxygen atoms in total. The van der Waals surface area contributed by atoms with E-state index in [1.807, 2.05) is 22.6 Å². The molecule has 2 aromatic rings. The highest BCUT2D eigenvalue weighted by atomic mass is 127. The Labute approximate surface area is 171 Å². The molecule has 1 amide bonds. The second-order valence-electron chi connectivity index (χ2n) is 6.50. The summed E-state index contributed by atoms with van der Waals surface area (Å²) in [6.07, 6.45) is -1.44. The summed E-state index contributed by atoms with van der Waals surface area (Å²) in [7, 11) is 0. The standard InChI is InChI=1S/C18H16F3IN2O4/c19-11-3-2-10(17(27)24-7-18(28,8-24)14(26)6-25)16(15(11)21)23-13-4-1-9(22)5-12(13)20/h1-5,14,23,25-26,28H,6-8H2. The molecule has 0 radical (unpaired) electrons. The maximum atomic E-state index is 14.4. The molecule has 0 spiro atoms. The highest BCUT2D eigenvalue weighted by Gasteiger charge is 2.49. The Morgan fingerprint density at radius 1 is 1.21 bits per heavy atom. The van der Waals surface area contributed by atoms with E-state index in [2.05, 4.69) is 5.32 Å². The lowest BCUT2D eigenvalue weighted by Crippen LogP contribution is -2.69. The number of rotatable bonds is 5. The van der Waals surface area contributed by atoms with Gasteiger partial charge in [-0.15, -0.1) is 0 Å². The van der Waals surface area contributed by atoms with E-state index in [0.717, 1.165) is 17.0 Å². The molecular weight excluding hydrogens is 492 g/mol. The average Bonchev–Trinajstić information content (AvgIpc) is 2.63. The minimum atomic E-state index is -1.68. The summed E-state index contributed by atoms with van der Waals surface area (Å²) in [6, 6.07) is 5.89. The zero-order valence-corrected chi connectivity index (χ0v) is 16.5. The molecule has 1 fully saturated rings. The number of carbonyl (C=O) groups excluding carboxylic acids is 1. The summed E-state index contributed by atoms with van der Waals surface area (Å²) in [5.41, 5.74) is -2.63. The summed E-state index contributed by atoms with van der Waals surface area (Å²) in [4.78, 5) is 13.8. The first-order chi connectivity index (χ1) is 13.2. The third-order valence-electron chi connectivity index (χ3n) is 4.53. The number of hydrogen-bond donors (Lipinski definition) is 4. The lowest BCUT2D eigenvalue weighted by molar-refractivity contribution is -0.161. The van der Waals surface area contributed by atoms with Gasteiger partial charge in [0.2, 0.25) is 0 Å². The fraction of sp³-hybridized carbons (Fsp3) is 0.278. The van der Waals surface area contributed by atoms with E-state index in [1.54, 1.807) is 6.07 Å². The molecule has 1 unspecified atom stereocenters. The lowest BCUT2D eigenvalue weighted by Gasteiger charge is -2.48. The predicted molar refractivity (Wildman–Crippen MR) is 103 cm³/mol. The van der Waals surface area contributed by atoms with Crippen molar-refractivity contribution in [2.24, 2.45) is 0 Å². The smallest absolute Gasteiger partial charge is 0.256 e. The number of nitrogens with one attached hydrogen (secondary N) is 1. The molecule has 1 atom stereocenters. The normalized spacial score (nSPS) is 16.5. The summed E-state index contributed by atoms with van der Waals surface area (Å²) < 4.78 is 42.8. The highest BCUT2D eigenvalue weighted by molar-refractivity contribution is 14.1. The summed E-state index contributed by atoms with van der Waals surface area (Å²) in [6.45, 7) is -1.30. The molecule has 0 bridgehead atoms. The van der Waals surface area contributed by atoms with Crippen LogP contribution < -0.4 is 5.32 Å². The van der Waals surface area contributed by atoms with Crippen molar-refractivity contribution >= 4 is 39.9 Å². The highest BCUT2D eigenvalue weighted by Crippen LogP contribution is 2.32. The quantitative estimate of drug-likeness (QED) is 0.464. The van der Waals surface area contributed by atoms with Crippen LogP contribution in [0.2, 0.25) is 0 Å². The first-order valence-corrected chi connectivity index (χ1v) is 9.25. The zero-order chi connectivity index (χ0) is 20.6. The number of halogens is 4. The molecule has 3 rings (SSSR count). The fourth-order valence-corrected chi connectivity index (χ4v) is 3.34. The number of β-amino-alcohol motifs (C(OH)–C–C–N with tert-alkyl or cyclic N) is 1. The Morgan fingerprint density at radius 2 is 1.89 bits per heavy atom. The average molecular weight is 508 g/mol. The number of likely N-dealkylation sites (tertiary alicyclic amines) is 1. The van der Waals surface area contributed by atoms with Crippen molar-refractivity contribution in [1.82, 2.24) is 4.90 Å². The minimum absolute atomic E-state index is 0.144. The van der Waals surface area contributed by atoms with Crippen molar-refractivity contribution in [3.63, 3.8) is 0 Å². The molecule has 1 aliphatic rings. The van der Waals surface area contributed by atoms with Gasteiger partial charge in [0.05, 0.1) is 36.6 Å². The first kappa shape index (κ1) is 20.8. The van der Waals surface area contributed by atoms with Crippen LogP contribution in [0.5, 0.6) is 0 Å². The number of benzene rings is 2. The number of amides is 1. The molecule has 0 aromatic heterocycles. The Balaban J connectivity index is 1.90. The molecule has 0 saturated carbocycles. The zero-order valence-electron chi connectivity index (χ0n) is 14.3. The Hall–Kier alpha value is -1.89. The van der Waals surface area contributed by atoms with Gasteiger partial charge in [-0.2, -0.15) is 0 Å². The van der Waals surface area contributed by atoms with E-state index >= 15 is 0 Å². The summed E-state index contributed by atoms with van der Waals surface area (Å²) in [5.74, 6) is -4.03. The van der Waals surface area contributed by atoms with Crippen LogP contribution in [0.3, 0.4) is 0 Å². The van der Waals surface area contributed by atoms with Crippen molar-refractivity contribution < 1.29 is 33.3 Å². The maximum Gasteiger partial charge on any atom is 0.256 e. The molecule has 1 saturated heterocycles. The minimum Gasteiger partial charge on any atom is -0.394 e. The molecule has 4 N–H and O–H groups in total. The van der Waals surface area contributed by atoms with Crippen molar-refractivity contribution in [2.75, 3.05) is 25.0 Å². The third-order valence-corrected chi connectivity index (χ3v) is 5.20. The molecule has 0 aliphatic carbocycles. The molecule has 28 heavy (non-hydrogen) atoms. The molecule has 150 valence electrons. The van der Waals surface area contributed by atoms with Crippen LogP contribution >= 0.6 is 22.6 Å². The van der Waals surface area contributed by atoms with Gasteiger partial charge in [0, 0.05) is 3.57 Å². The van der Waals surface area contributed by atoms with Crippen LogP contribution in [0.25, 0.3) is 0 Å². The van der Waals surface area contributed by atoms with Crippen LogP contribution in [0.15, 0.2) is 30.3 Å². The van der Waals surface area contributed by atoms with Crippen LogP contribution in [-0.4, -0.2) is 57.5 Å². The van der Waals surface area contributed by atoms with Gasteiger partial charge in [0.1, 0.15) is 17.5 Å². The van der Waals surface area contributed by atoms with Crippen LogP contribution in [0.1, 0.15) is 10.4 Å². The Kier molecular flexibility index (Phi) is 5.84. The largest absolute Gasteiger partial charge is 0.394 e. The van der Waals surface area contributed by atoms with E-state index in [9.17, 15) is 28.2 Å². The number of hydrogen-bond acceptors (Lipinski definition) is 5. The molecule has 2 aromatic carbocycles. The summed E-state index contributed by atoms with van der Waals surface area (Å²) >= 11 is 1.89. The van der Waals surface area contributed by atoms with Gasteiger partial charge in [-0.1, -0.05) is 0 Å². The number of aliphatic hydroxyl groups excluding tert-OH is 2. The lowest BCUT2D eigenvalue weighted by atomic mass is 9.87. The van der Waals surface area contributed by atoms with Gasteiger partial charge >= 0.3 is 0 Å². The molecule has 1 heterocycles. The maximum absolute atomic E-state index is 14.4. The van der Waals surface area contributed by atoms with Gasteiger partial charge in [-0.25, -0.2) is 13.2 Å². The van der Waals surface area contributed by atoms with E-state index in [4.69, 9.17) is 5.11 Å². The molecule has 1 aliphatic heterocycles. The predicted octanol–water partition coefficient (Wildman–Crippen LogP) is 1.99. The van der Waals surface area contributed by atoms with Crippen molar-refractivity contribution in [3.8, 4) is 0 Å². The van der Waals surface area contributed by atoms with E-state index in [1.165, 1.54) is 12.1 Å². The Morgan fingerprint density at radius 3 is 2.50 bits per heavy atom. The molecular formula is C18H16F3IN2O4. The van der Waals surface area contributed by atoms with Crippen LogP contribution in [0, 0.1) is 21.0 Å². The second-order valence-corrected chi connectivity index (χ2v) is 7.74. The number of carbonyl (C=O) groups is 1.